The van der Waals surface area contributed by atoms with Crippen LogP contribution < -0.4 is 0 Å². The molecule has 124 valence electrons. The molecule has 0 amide bonds. The average molecular weight is 343 g/mol. The van der Waals surface area contributed by atoms with E-state index in [0.717, 1.165) is 12.0 Å². The number of piperidine rings is 1. The topological polar surface area (TPSA) is 40.6 Å². The third-order valence-electron chi connectivity index (χ3n) is 4.12. The number of nitrogens with zero attached hydrogens (tertiary/aromatic N) is 2. The predicted molar refractivity (Wildman–Crippen MR) is 93.1 cm³/mol. The van der Waals surface area contributed by atoms with E-state index in [4.69, 9.17) is 0 Å². The van der Waals surface area contributed by atoms with Gasteiger partial charge in [0.25, 0.3) is 10.2 Å². The van der Waals surface area contributed by atoms with Crippen molar-refractivity contribution in [2.45, 2.75) is 31.7 Å². The van der Waals surface area contributed by atoms with E-state index >= 15 is 0 Å². The van der Waals surface area contributed by atoms with E-state index in [9.17, 15) is 8.42 Å². The van der Waals surface area contributed by atoms with Gasteiger partial charge < -0.3 is 0 Å². The maximum atomic E-state index is 12.8. The molecule has 1 heterocycles. The Hall–Kier alpha value is -0.560. The van der Waals surface area contributed by atoms with E-state index in [1.807, 2.05) is 30.5 Å². The highest BCUT2D eigenvalue weighted by Crippen LogP contribution is 2.25. The highest BCUT2D eigenvalue weighted by Gasteiger charge is 2.33. The maximum absolute atomic E-state index is 12.8. The summed E-state index contributed by atoms with van der Waals surface area (Å²) >= 11 is 1.69. The van der Waals surface area contributed by atoms with Crippen LogP contribution in [0.3, 0.4) is 0 Å². The van der Waals surface area contributed by atoms with Gasteiger partial charge in [-0.25, -0.2) is 0 Å². The maximum Gasteiger partial charge on any atom is 0.282 e. The third-order valence-corrected chi connectivity index (χ3v) is 6.73. The Morgan fingerprint density at radius 1 is 1.18 bits per heavy atom. The van der Waals surface area contributed by atoms with E-state index in [1.54, 1.807) is 23.1 Å². The summed E-state index contributed by atoms with van der Waals surface area (Å²) in [5.74, 6) is 0.848. The molecule has 0 unspecified atom stereocenters. The van der Waals surface area contributed by atoms with E-state index in [2.05, 4.69) is 13.8 Å². The lowest BCUT2D eigenvalue weighted by molar-refractivity contribution is 0.211. The molecule has 0 aliphatic carbocycles. The Labute approximate surface area is 139 Å². The first-order valence-electron chi connectivity index (χ1n) is 7.67. The number of thioether (sulfide) groups is 1. The van der Waals surface area contributed by atoms with Crippen LogP contribution in [0.2, 0.25) is 0 Å². The Morgan fingerprint density at radius 3 is 2.23 bits per heavy atom. The second-order valence-electron chi connectivity index (χ2n) is 6.37. The van der Waals surface area contributed by atoms with Gasteiger partial charge in [0.05, 0.1) is 0 Å². The van der Waals surface area contributed by atoms with Gasteiger partial charge in [-0.2, -0.15) is 17.0 Å². The summed E-state index contributed by atoms with van der Waals surface area (Å²) in [7, 11) is -1.71. The van der Waals surface area contributed by atoms with Gasteiger partial charge in [-0.05, 0) is 42.2 Å². The highest BCUT2D eigenvalue weighted by atomic mass is 32.2. The van der Waals surface area contributed by atoms with Gasteiger partial charge in [0.1, 0.15) is 0 Å². The van der Waals surface area contributed by atoms with Crippen LogP contribution in [-0.4, -0.2) is 43.4 Å². The Bertz CT molecular complexity index is 577. The van der Waals surface area contributed by atoms with Crippen molar-refractivity contribution in [1.29, 1.82) is 0 Å². The lowest BCUT2D eigenvalue weighted by Crippen LogP contribution is -2.48. The summed E-state index contributed by atoms with van der Waals surface area (Å²) in [6.07, 6.45) is 3.14. The van der Waals surface area contributed by atoms with Crippen molar-refractivity contribution in [3.63, 3.8) is 0 Å². The Balaban J connectivity index is 2.07. The highest BCUT2D eigenvalue weighted by molar-refractivity contribution is 7.98. The monoisotopic (exact) mass is 342 g/mol. The van der Waals surface area contributed by atoms with Gasteiger partial charge in [0.2, 0.25) is 0 Å². The van der Waals surface area contributed by atoms with Crippen LogP contribution in [0.4, 0.5) is 0 Å². The summed E-state index contributed by atoms with van der Waals surface area (Å²) in [6, 6.07) is 8.07. The molecule has 4 nitrogen and oxygen atoms in total. The quantitative estimate of drug-likeness (QED) is 0.772. The van der Waals surface area contributed by atoms with Crippen molar-refractivity contribution in [1.82, 2.24) is 8.61 Å². The van der Waals surface area contributed by atoms with Crippen molar-refractivity contribution in [3.8, 4) is 0 Å². The van der Waals surface area contributed by atoms with Crippen molar-refractivity contribution in [2.75, 3.05) is 26.4 Å². The van der Waals surface area contributed by atoms with Crippen LogP contribution in [0, 0.1) is 11.8 Å². The van der Waals surface area contributed by atoms with E-state index < -0.39 is 10.2 Å². The lowest BCUT2D eigenvalue weighted by atomic mass is 9.94. The number of rotatable bonds is 5. The van der Waals surface area contributed by atoms with Crippen molar-refractivity contribution >= 4 is 22.0 Å². The minimum Gasteiger partial charge on any atom is -0.195 e. The fourth-order valence-corrected chi connectivity index (χ4v) is 5.06. The largest absolute Gasteiger partial charge is 0.282 e. The van der Waals surface area contributed by atoms with Crippen LogP contribution in [0.25, 0.3) is 0 Å². The molecule has 6 heteroatoms. The first kappa shape index (κ1) is 17.8. The first-order chi connectivity index (χ1) is 10.3. The molecule has 0 radical (unpaired) electrons. The van der Waals surface area contributed by atoms with Crippen molar-refractivity contribution < 1.29 is 8.42 Å². The van der Waals surface area contributed by atoms with Crippen LogP contribution in [0.5, 0.6) is 0 Å². The van der Waals surface area contributed by atoms with Crippen molar-refractivity contribution in [3.05, 3.63) is 29.8 Å². The van der Waals surface area contributed by atoms with Gasteiger partial charge in [0.15, 0.2) is 0 Å². The van der Waals surface area contributed by atoms with Crippen molar-refractivity contribution in [2.24, 2.45) is 11.8 Å². The van der Waals surface area contributed by atoms with Gasteiger partial charge in [-0.1, -0.05) is 26.0 Å². The molecule has 1 aromatic rings. The summed E-state index contributed by atoms with van der Waals surface area (Å²) in [4.78, 5) is 1.19. The zero-order valence-corrected chi connectivity index (χ0v) is 15.5. The molecule has 0 aromatic heterocycles. The van der Waals surface area contributed by atoms with E-state index in [1.165, 1.54) is 9.20 Å². The minimum atomic E-state index is -3.38. The van der Waals surface area contributed by atoms with Gasteiger partial charge in [-0.3, -0.25) is 0 Å². The molecule has 1 saturated heterocycles. The molecule has 0 N–H and O–H groups in total. The fraction of sp³-hybridized carbons (Fsp3) is 0.625. The molecule has 1 aliphatic heterocycles. The smallest absolute Gasteiger partial charge is 0.195 e. The molecule has 1 aliphatic rings. The van der Waals surface area contributed by atoms with Crippen LogP contribution >= 0.6 is 11.8 Å². The fourth-order valence-electron chi connectivity index (χ4n) is 3.06. The normalized spacial score (nSPS) is 23.9. The second kappa shape index (κ2) is 7.34. The van der Waals surface area contributed by atoms with Crippen LogP contribution in [0.1, 0.15) is 25.8 Å². The molecule has 22 heavy (non-hydrogen) atoms. The molecule has 0 bridgehead atoms. The second-order valence-corrected chi connectivity index (χ2v) is 9.29. The van der Waals surface area contributed by atoms with E-state index in [0.29, 0.717) is 31.5 Å². The van der Waals surface area contributed by atoms with E-state index in [-0.39, 0.29) is 0 Å². The minimum absolute atomic E-state index is 0.413. The molecule has 1 fully saturated rings. The molecule has 0 saturated carbocycles. The Kier molecular flexibility index (Phi) is 5.94. The number of hydrogen-bond donors (Lipinski definition) is 0. The summed E-state index contributed by atoms with van der Waals surface area (Å²) in [6.45, 7) is 5.92. The third kappa shape index (κ3) is 4.25. The summed E-state index contributed by atoms with van der Waals surface area (Å²) < 4.78 is 28.6. The molecule has 0 spiro atoms. The predicted octanol–water partition coefficient (Wildman–Crippen LogP) is 3.06. The first-order valence-corrected chi connectivity index (χ1v) is 10.3. The van der Waals surface area contributed by atoms with Gasteiger partial charge in [-0.15, -0.1) is 11.8 Å². The van der Waals surface area contributed by atoms with Gasteiger partial charge in [0, 0.05) is 31.6 Å². The molecule has 1 aromatic carbocycles. The summed E-state index contributed by atoms with van der Waals surface area (Å²) in [5, 5.41) is 0. The molecule has 2 atom stereocenters. The molecular formula is C16H26N2O2S2. The zero-order valence-electron chi connectivity index (χ0n) is 13.8. The van der Waals surface area contributed by atoms with Crippen LogP contribution in [0.15, 0.2) is 29.2 Å². The standard InChI is InChI=1S/C16H26N2O2S2/c1-13-9-14(2)11-18(10-13)22(19,20)17(3)12-15-5-7-16(21-4)8-6-15/h5-8,13-14H,9-12H2,1-4H3/t13-,14+. The molecule has 2 rings (SSSR count). The molecular weight excluding hydrogens is 316 g/mol. The number of hydrogen-bond acceptors (Lipinski definition) is 3. The lowest BCUT2D eigenvalue weighted by Gasteiger charge is -2.36. The SMILES string of the molecule is CSc1ccc(CN(C)S(=O)(=O)N2C[C@H](C)C[C@H](C)C2)cc1. The average Bonchev–Trinajstić information content (AvgIpc) is 2.47. The summed E-state index contributed by atoms with van der Waals surface area (Å²) in [5.41, 5.74) is 1.02. The zero-order chi connectivity index (χ0) is 16.3. The van der Waals surface area contributed by atoms with Gasteiger partial charge >= 0.3 is 0 Å². The van der Waals surface area contributed by atoms with Crippen LogP contribution in [-0.2, 0) is 16.8 Å². The number of benzene rings is 1. The Morgan fingerprint density at radius 2 is 1.73 bits per heavy atom.